The first-order valence-electron chi connectivity index (χ1n) is 25.9. The second kappa shape index (κ2) is 33.6. The van der Waals surface area contributed by atoms with Crippen LogP contribution in [0.1, 0.15) is 199 Å². The van der Waals surface area contributed by atoms with Crippen molar-refractivity contribution >= 4 is 41.1 Å². The normalized spacial score (nSPS) is 14.8. The number of hydrogen-bond donors (Lipinski definition) is 3. The summed E-state index contributed by atoms with van der Waals surface area (Å²) in [4.78, 5) is 75.0. The lowest BCUT2D eigenvalue weighted by molar-refractivity contribution is -0.160. The molecule has 2 amide bonds. The maximum Gasteiger partial charge on any atom is 0.307 e. The number of carboxylic acids is 1. The zero-order chi connectivity index (χ0) is 50.6. The second-order valence-electron chi connectivity index (χ2n) is 20.2. The topological polar surface area (TPSA) is 167 Å². The number of ether oxygens (including phenoxy) is 2. The molecule has 13 nitrogen and oxygen atoms in total. The lowest BCUT2D eigenvalue weighted by atomic mass is 9.92. The maximum atomic E-state index is 15.1. The van der Waals surface area contributed by atoms with Crippen LogP contribution in [0.25, 0.3) is 0 Å². The Morgan fingerprint density at radius 1 is 0.824 bits per heavy atom. The number of likely N-dealkylation sites (N-methyl/N-ethyl adjacent to an activating group) is 1. The lowest BCUT2D eigenvalue weighted by Gasteiger charge is -2.39. The molecule has 0 saturated heterocycles. The van der Waals surface area contributed by atoms with E-state index >= 15 is 4.79 Å². The first-order valence-corrected chi connectivity index (χ1v) is 26.8. The molecule has 7 unspecified atom stereocenters. The Morgan fingerprint density at radius 3 is 1.96 bits per heavy atom. The van der Waals surface area contributed by atoms with Crippen LogP contribution in [0.3, 0.4) is 0 Å². The zero-order valence-electron chi connectivity index (χ0n) is 43.9. The highest BCUT2D eigenvalue weighted by Crippen LogP contribution is 2.32. The van der Waals surface area contributed by atoms with Crippen LogP contribution in [0.4, 0.5) is 0 Å². The number of carbonyl (C=O) groups excluding carboxylic acids is 4. The predicted octanol–water partition coefficient (Wildman–Crippen LogP) is 11.0. The predicted molar refractivity (Wildman–Crippen MR) is 274 cm³/mol. The zero-order valence-corrected chi connectivity index (χ0v) is 44.7. The molecular weight excluding hydrogens is 879 g/mol. The molecule has 0 saturated carbocycles. The summed E-state index contributed by atoms with van der Waals surface area (Å²) in [6, 6.07) is 8.15. The van der Waals surface area contributed by atoms with Gasteiger partial charge in [0.1, 0.15) is 10.7 Å². The van der Waals surface area contributed by atoms with E-state index in [4.69, 9.17) is 9.47 Å². The highest BCUT2D eigenvalue weighted by atomic mass is 32.1. The summed E-state index contributed by atoms with van der Waals surface area (Å²) in [6.45, 7) is 17.5. The third kappa shape index (κ3) is 23.6. The van der Waals surface area contributed by atoms with E-state index in [0.717, 1.165) is 24.8 Å². The summed E-state index contributed by atoms with van der Waals surface area (Å²) < 4.78 is 11.8. The van der Waals surface area contributed by atoms with E-state index in [1.165, 1.54) is 88.9 Å². The van der Waals surface area contributed by atoms with E-state index in [9.17, 15) is 24.3 Å². The highest BCUT2D eigenvalue weighted by molar-refractivity contribution is 7.09. The van der Waals surface area contributed by atoms with Crippen molar-refractivity contribution in [1.29, 1.82) is 0 Å². The molecule has 14 heteroatoms. The van der Waals surface area contributed by atoms with E-state index < -0.39 is 54.0 Å². The van der Waals surface area contributed by atoms with Crippen molar-refractivity contribution in [3.05, 3.63) is 52.0 Å². The number of esters is 2. The fourth-order valence-electron chi connectivity index (χ4n) is 8.63. The molecule has 1 aromatic heterocycles. The van der Waals surface area contributed by atoms with Gasteiger partial charge in [0.25, 0.3) is 5.91 Å². The molecule has 3 N–H and O–H groups in total. The fourth-order valence-corrected chi connectivity index (χ4v) is 9.47. The van der Waals surface area contributed by atoms with Gasteiger partial charge in [-0.3, -0.25) is 24.0 Å². The summed E-state index contributed by atoms with van der Waals surface area (Å²) in [5.41, 5.74) is 1.07. The van der Waals surface area contributed by atoms with Gasteiger partial charge in [-0.2, -0.15) is 0 Å². The first-order chi connectivity index (χ1) is 32.4. The van der Waals surface area contributed by atoms with Crippen LogP contribution in [-0.2, 0) is 35.1 Å². The fraction of sp³-hybridized carbons (Fsp3) is 0.741. The van der Waals surface area contributed by atoms with E-state index in [1.807, 2.05) is 58.0 Å². The van der Waals surface area contributed by atoms with Crippen molar-refractivity contribution in [3.63, 3.8) is 0 Å². The van der Waals surface area contributed by atoms with Crippen molar-refractivity contribution in [2.24, 2.45) is 23.7 Å². The molecule has 1 aromatic carbocycles. The Labute approximate surface area is 414 Å². The van der Waals surface area contributed by atoms with Gasteiger partial charge in [-0.1, -0.05) is 169 Å². The van der Waals surface area contributed by atoms with Gasteiger partial charge in [0, 0.05) is 49.8 Å². The number of rotatable bonds is 37. The Morgan fingerprint density at radius 2 is 1.43 bits per heavy atom. The van der Waals surface area contributed by atoms with Crippen molar-refractivity contribution in [1.82, 2.24) is 25.4 Å². The minimum atomic E-state index is -0.951. The van der Waals surface area contributed by atoms with Gasteiger partial charge in [-0.05, 0) is 56.7 Å². The van der Waals surface area contributed by atoms with Gasteiger partial charge in [-0.25, -0.2) is 4.98 Å². The van der Waals surface area contributed by atoms with Crippen LogP contribution < -0.4 is 10.6 Å². The molecule has 386 valence electrons. The highest BCUT2D eigenvalue weighted by Gasteiger charge is 2.38. The summed E-state index contributed by atoms with van der Waals surface area (Å²) in [5, 5.41) is 18.3. The number of nitrogens with one attached hydrogen (secondary N) is 2. The van der Waals surface area contributed by atoms with Crippen LogP contribution in [0.2, 0.25) is 0 Å². The first kappa shape index (κ1) is 60.2. The Hall–Kier alpha value is -3.88. The van der Waals surface area contributed by atoms with Crippen molar-refractivity contribution in [2.45, 2.75) is 208 Å². The number of benzene rings is 1. The molecule has 0 radical (unpaired) electrons. The molecule has 7 atom stereocenters. The number of unbranched alkanes of at least 4 members (excludes halogenated alkanes) is 11. The Kier molecular flexibility index (Phi) is 29.8. The van der Waals surface area contributed by atoms with Crippen LogP contribution >= 0.6 is 11.3 Å². The summed E-state index contributed by atoms with van der Waals surface area (Å²) in [6.07, 6.45) is 17.4. The Bertz CT molecular complexity index is 1740. The van der Waals surface area contributed by atoms with Crippen molar-refractivity contribution in [3.8, 4) is 0 Å². The minimum Gasteiger partial charge on any atom is -0.481 e. The molecule has 1 heterocycles. The van der Waals surface area contributed by atoms with Crippen molar-refractivity contribution in [2.75, 3.05) is 27.4 Å². The number of carboxylic acid groups (broad SMARTS) is 1. The molecule has 0 aliphatic rings. The molecule has 0 aliphatic heterocycles. The van der Waals surface area contributed by atoms with Gasteiger partial charge < -0.3 is 35.0 Å². The molecule has 0 bridgehead atoms. The van der Waals surface area contributed by atoms with Crippen LogP contribution in [0.15, 0.2) is 35.7 Å². The molecule has 0 aliphatic carbocycles. The number of nitrogens with zero attached hydrogens (tertiary/aromatic N) is 3. The van der Waals surface area contributed by atoms with Gasteiger partial charge in [0.05, 0.1) is 12.0 Å². The van der Waals surface area contributed by atoms with E-state index in [-0.39, 0.29) is 61.4 Å². The minimum absolute atomic E-state index is 0.0489. The number of hydrogen-bond acceptors (Lipinski definition) is 11. The average Bonchev–Trinajstić information content (AvgIpc) is 3.78. The third-order valence-electron chi connectivity index (χ3n) is 13.1. The largest absolute Gasteiger partial charge is 0.481 e. The summed E-state index contributed by atoms with van der Waals surface area (Å²) in [7, 11) is 4.18. The van der Waals surface area contributed by atoms with E-state index in [0.29, 0.717) is 18.0 Å². The molecule has 68 heavy (non-hydrogen) atoms. The van der Waals surface area contributed by atoms with Gasteiger partial charge in [0.2, 0.25) is 5.91 Å². The van der Waals surface area contributed by atoms with E-state index in [2.05, 4.69) is 55.4 Å². The third-order valence-corrected chi connectivity index (χ3v) is 14.0. The molecule has 2 aromatic rings. The quantitative estimate of drug-likeness (QED) is 0.0335. The number of aliphatic carboxylic acids is 1. The SMILES string of the molecule is CCCCCCCCCCCCCCC(CNC(C(=O)N(COC(=O)CC(C)C)C(CC(OC(C)=O)c1nc(C(=O)NC(Cc2ccccc2)CC(C)C(=O)O)cs1)C(C)C)C(C)CC)N(C)C. The van der Waals surface area contributed by atoms with Crippen molar-refractivity contribution < 1.29 is 38.6 Å². The monoisotopic (exact) mass is 970 g/mol. The number of carbonyl (C=O) groups is 5. The second-order valence-corrected chi connectivity index (χ2v) is 21.1. The van der Waals surface area contributed by atoms with Crippen LogP contribution in [-0.4, -0.2) is 101 Å². The lowest BCUT2D eigenvalue weighted by Crippen LogP contribution is -2.56. The van der Waals surface area contributed by atoms with E-state index in [1.54, 1.807) is 17.2 Å². The summed E-state index contributed by atoms with van der Waals surface area (Å²) in [5.74, 6) is -3.42. The molecule has 0 fully saturated rings. The van der Waals surface area contributed by atoms with Gasteiger partial charge in [-0.15, -0.1) is 11.3 Å². The standard InChI is InChI=1S/C54H91N5O8S/c1-12-14-15-16-17-18-19-20-21-22-23-27-30-45(58(10)11)35-55-50(40(7)13-2)53(63)59(37-66-49(61)31-38(3)4)47(39(5)6)34-48(67-42(9)60)52-57-46(36-68-52)51(62)56-44(32-41(8)54(64)65)33-43-28-25-24-26-29-43/h24-26,28-29,36,38-41,44-45,47-48,50,55H,12-23,27,30-35,37H2,1-11H3,(H,56,62)(H,64,65). The summed E-state index contributed by atoms with van der Waals surface area (Å²) >= 11 is 1.17. The molecular formula is C54H91N5O8S. The number of thiazole rings is 1. The molecule has 0 spiro atoms. The average molecular weight is 970 g/mol. The number of aromatic nitrogens is 1. The smallest absolute Gasteiger partial charge is 0.307 e. The van der Waals surface area contributed by atoms with Crippen LogP contribution in [0, 0.1) is 23.7 Å². The number of amides is 2. The maximum absolute atomic E-state index is 15.1. The van der Waals surface area contributed by atoms with Gasteiger partial charge in [0.15, 0.2) is 12.8 Å². The van der Waals surface area contributed by atoms with Gasteiger partial charge >= 0.3 is 17.9 Å². The van der Waals surface area contributed by atoms with Crippen LogP contribution in [0.5, 0.6) is 0 Å². The Balaban J connectivity index is 2.33. The molecule has 2 rings (SSSR count).